The van der Waals surface area contributed by atoms with E-state index in [1.54, 1.807) is 7.11 Å². The third-order valence-corrected chi connectivity index (χ3v) is 3.89. The Morgan fingerprint density at radius 3 is 2.61 bits per heavy atom. The molecule has 0 heterocycles. The van der Waals surface area contributed by atoms with E-state index in [0.717, 1.165) is 25.7 Å². The maximum Gasteiger partial charge on any atom is 0.0975 e. The van der Waals surface area contributed by atoms with Crippen LogP contribution < -0.4 is 5.32 Å². The minimum atomic E-state index is -0.761. The van der Waals surface area contributed by atoms with Gasteiger partial charge in [-0.3, -0.25) is 0 Å². The van der Waals surface area contributed by atoms with Crippen LogP contribution in [0.25, 0.3) is 0 Å². The minimum Gasteiger partial charge on any atom is -0.386 e. The van der Waals surface area contributed by atoms with E-state index in [1.807, 2.05) is 6.92 Å². The Labute approximate surface area is 110 Å². The third kappa shape index (κ3) is 4.84. The van der Waals surface area contributed by atoms with Crippen LogP contribution in [0.1, 0.15) is 45.4 Å². The molecule has 3 unspecified atom stereocenters. The van der Waals surface area contributed by atoms with Crippen molar-refractivity contribution in [1.82, 2.24) is 5.32 Å². The quantitative estimate of drug-likeness (QED) is 0.725. The van der Waals surface area contributed by atoms with Crippen LogP contribution in [0.5, 0.6) is 0 Å². The predicted molar refractivity (Wildman–Crippen MR) is 70.7 cm³/mol. The summed E-state index contributed by atoms with van der Waals surface area (Å²) in [7, 11) is 1.77. The molecule has 0 aromatic heterocycles. The van der Waals surface area contributed by atoms with E-state index in [4.69, 9.17) is 9.47 Å². The van der Waals surface area contributed by atoms with Gasteiger partial charge in [0.2, 0.25) is 0 Å². The van der Waals surface area contributed by atoms with Crippen LogP contribution in [-0.4, -0.2) is 49.2 Å². The number of nitrogens with one attached hydrogen (secondary N) is 1. The van der Waals surface area contributed by atoms with Gasteiger partial charge < -0.3 is 19.9 Å². The summed E-state index contributed by atoms with van der Waals surface area (Å²) in [5, 5.41) is 13.6. The van der Waals surface area contributed by atoms with Crippen molar-refractivity contribution in [3.05, 3.63) is 0 Å². The molecular formula is C14H27NO3. The van der Waals surface area contributed by atoms with Crippen molar-refractivity contribution in [2.24, 2.45) is 0 Å². The van der Waals surface area contributed by atoms with Crippen LogP contribution >= 0.6 is 0 Å². The monoisotopic (exact) mass is 257 g/mol. The second-order valence-electron chi connectivity index (χ2n) is 6.11. The predicted octanol–water partition coefficient (Wildman–Crippen LogP) is 1.46. The smallest absolute Gasteiger partial charge is 0.0975 e. The largest absolute Gasteiger partial charge is 0.386 e. The Morgan fingerprint density at radius 2 is 1.94 bits per heavy atom. The maximum absolute atomic E-state index is 10.2. The van der Waals surface area contributed by atoms with Crippen LogP contribution in [0.3, 0.4) is 0 Å². The van der Waals surface area contributed by atoms with Crippen LogP contribution in [0.4, 0.5) is 0 Å². The molecule has 0 aromatic rings. The average Bonchev–Trinajstić information content (AvgIpc) is 3.19. The molecule has 2 fully saturated rings. The number of rotatable bonds is 7. The van der Waals surface area contributed by atoms with Gasteiger partial charge in [0, 0.05) is 19.7 Å². The first kappa shape index (κ1) is 14.3. The summed E-state index contributed by atoms with van der Waals surface area (Å²) in [5.41, 5.74) is -0.761. The summed E-state index contributed by atoms with van der Waals surface area (Å²) in [6.45, 7) is 2.88. The Morgan fingerprint density at radius 1 is 1.22 bits per heavy atom. The SMILES string of the molecule is COC1CCCC(OCC(C)(O)CNC2CC2)C1. The Hall–Kier alpha value is -0.160. The molecule has 0 spiro atoms. The number of methoxy groups -OCH3 is 1. The summed E-state index contributed by atoms with van der Waals surface area (Å²) in [6.07, 6.45) is 7.41. The second-order valence-corrected chi connectivity index (χ2v) is 6.11. The molecule has 4 nitrogen and oxygen atoms in total. The summed E-state index contributed by atoms with van der Waals surface area (Å²) in [5.74, 6) is 0. The number of ether oxygens (including phenoxy) is 2. The van der Waals surface area contributed by atoms with E-state index in [0.29, 0.717) is 25.3 Å². The van der Waals surface area contributed by atoms with Gasteiger partial charge in [-0.05, 0) is 45.4 Å². The molecule has 0 amide bonds. The lowest BCUT2D eigenvalue weighted by atomic mass is 9.94. The molecular weight excluding hydrogens is 230 g/mol. The Bertz CT molecular complexity index is 253. The summed E-state index contributed by atoms with van der Waals surface area (Å²) >= 11 is 0. The first-order valence-electron chi connectivity index (χ1n) is 7.19. The van der Waals surface area contributed by atoms with Gasteiger partial charge in [0.1, 0.15) is 0 Å². The topological polar surface area (TPSA) is 50.7 Å². The zero-order valence-electron chi connectivity index (χ0n) is 11.7. The lowest BCUT2D eigenvalue weighted by Gasteiger charge is -2.31. The Kier molecular flexibility index (Phi) is 5.01. The highest BCUT2D eigenvalue weighted by Gasteiger charge is 2.29. The number of hydrogen-bond acceptors (Lipinski definition) is 4. The number of hydrogen-bond donors (Lipinski definition) is 2. The second kappa shape index (κ2) is 6.33. The van der Waals surface area contributed by atoms with Crippen molar-refractivity contribution < 1.29 is 14.6 Å². The highest BCUT2D eigenvalue weighted by atomic mass is 16.5. The standard InChI is InChI=1S/C14H27NO3/c1-14(16,9-15-11-6-7-11)10-18-13-5-3-4-12(8-13)17-2/h11-13,15-16H,3-10H2,1-2H3. The molecule has 2 saturated carbocycles. The summed E-state index contributed by atoms with van der Waals surface area (Å²) < 4.78 is 11.2. The highest BCUT2D eigenvalue weighted by molar-refractivity contribution is 4.86. The van der Waals surface area contributed by atoms with Crippen molar-refractivity contribution in [3.8, 4) is 0 Å². The first-order valence-corrected chi connectivity index (χ1v) is 7.19. The van der Waals surface area contributed by atoms with Crippen LogP contribution in [-0.2, 0) is 9.47 Å². The summed E-state index contributed by atoms with van der Waals surface area (Å²) in [6, 6.07) is 0.629. The molecule has 3 atom stereocenters. The third-order valence-electron chi connectivity index (χ3n) is 3.89. The summed E-state index contributed by atoms with van der Waals surface area (Å²) in [4.78, 5) is 0. The fourth-order valence-corrected chi connectivity index (χ4v) is 2.47. The van der Waals surface area contributed by atoms with E-state index < -0.39 is 5.60 Å². The molecule has 2 aliphatic rings. The molecule has 0 radical (unpaired) electrons. The van der Waals surface area contributed by atoms with Crippen molar-refractivity contribution in [3.63, 3.8) is 0 Å². The van der Waals surface area contributed by atoms with Crippen LogP contribution in [0, 0.1) is 0 Å². The molecule has 2 rings (SSSR count). The molecule has 2 N–H and O–H groups in total. The molecule has 0 bridgehead atoms. The molecule has 0 aliphatic heterocycles. The zero-order valence-corrected chi connectivity index (χ0v) is 11.7. The van der Waals surface area contributed by atoms with Crippen molar-refractivity contribution >= 4 is 0 Å². The minimum absolute atomic E-state index is 0.246. The van der Waals surface area contributed by atoms with Crippen molar-refractivity contribution in [1.29, 1.82) is 0 Å². The molecule has 0 aromatic carbocycles. The van der Waals surface area contributed by atoms with E-state index in [1.165, 1.54) is 12.8 Å². The number of aliphatic hydroxyl groups is 1. The van der Waals surface area contributed by atoms with Gasteiger partial charge in [0.15, 0.2) is 0 Å². The van der Waals surface area contributed by atoms with E-state index in [2.05, 4.69) is 5.32 Å². The molecule has 106 valence electrons. The van der Waals surface area contributed by atoms with Gasteiger partial charge in [-0.1, -0.05) is 0 Å². The molecule has 2 aliphatic carbocycles. The molecule has 0 saturated heterocycles. The van der Waals surface area contributed by atoms with Gasteiger partial charge in [-0.2, -0.15) is 0 Å². The lowest BCUT2D eigenvalue weighted by molar-refractivity contribution is -0.0880. The molecule has 4 heteroatoms. The van der Waals surface area contributed by atoms with Gasteiger partial charge in [-0.25, -0.2) is 0 Å². The fraction of sp³-hybridized carbons (Fsp3) is 1.00. The van der Waals surface area contributed by atoms with E-state index in [-0.39, 0.29) is 6.10 Å². The first-order chi connectivity index (χ1) is 8.59. The zero-order chi connectivity index (χ0) is 13.0. The maximum atomic E-state index is 10.2. The van der Waals surface area contributed by atoms with Crippen molar-refractivity contribution in [2.45, 2.75) is 69.3 Å². The fourth-order valence-electron chi connectivity index (χ4n) is 2.47. The van der Waals surface area contributed by atoms with Crippen LogP contribution in [0.2, 0.25) is 0 Å². The highest BCUT2D eigenvalue weighted by Crippen LogP contribution is 2.24. The molecule has 18 heavy (non-hydrogen) atoms. The van der Waals surface area contributed by atoms with Crippen molar-refractivity contribution in [2.75, 3.05) is 20.3 Å². The normalized spacial score (nSPS) is 32.2. The Balaban J connectivity index is 1.65. The van der Waals surface area contributed by atoms with Gasteiger partial charge in [0.25, 0.3) is 0 Å². The van der Waals surface area contributed by atoms with Crippen LogP contribution in [0.15, 0.2) is 0 Å². The van der Waals surface area contributed by atoms with E-state index >= 15 is 0 Å². The van der Waals surface area contributed by atoms with Gasteiger partial charge >= 0.3 is 0 Å². The average molecular weight is 257 g/mol. The van der Waals surface area contributed by atoms with Gasteiger partial charge in [-0.15, -0.1) is 0 Å². The van der Waals surface area contributed by atoms with Gasteiger partial charge in [0.05, 0.1) is 24.4 Å². The van der Waals surface area contributed by atoms with E-state index in [9.17, 15) is 5.11 Å². The lowest BCUT2D eigenvalue weighted by Crippen LogP contribution is -2.44.